The summed E-state index contributed by atoms with van der Waals surface area (Å²) in [4.78, 5) is 10.6. The first-order valence-corrected chi connectivity index (χ1v) is 7.65. The quantitative estimate of drug-likeness (QED) is 0.826. The molecule has 1 rings (SSSR count). The minimum absolute atomic E-state index is 0.0427. The van der Waals surface area contributed by atoms with E-state index in [1.165, 1.54) is 19.2 Å². The summed E-state index contributed by atoms with van der Waals surface area (Å²) >= 11 is 5.84. The lowest BCUT2D eigenvalue weighted by Crippen LogP contribution is -2.30. The molecule has 1 atom stereocenters. The molecule has 0 aliphatic carbocycles. The van der Waals surface area contributed by atoms with E-state index in [4.69, 9.17) is 16.7 Å². The molecule has 1 aromatic rings. The number of nitrogens with zero attached hydrogens (tertiary/aromatic N) is 1. The van der Waals surface area contributed by atoms with Crippen molar-refractivity contribution in [1.82, 2.24) is 4.31 Å². The first kappa shape index (κ1) is 16.9. The molecule has 0 fully saturated rings. The van der Waals surface area contributed by atoms with Gasteiger partial charge in [-0.1, -0.05) is 11.6 Å². The van der Waals surface area contributed by atoms with Gasteiger partial charge in [-0.25, -0.2) is 17.5 Å². The first-order chi connectivity index (χ1) is 9.16. The third kappa shape index (κ3) is 3.92. The minimum atomic E-state index is -3.89. The van der Waals surface area contributed by atoms with Crippen LogP contribution in [0.2, 0.25) is 5.02 Å². The Morgan fingerprint density at radius 1 is 1.45 bits per heavy atom. The van der Waals surface area contributed by atoms with Gasteiger partial charge in [-0.2, -0.15) is 0 Å². The molecule has 0 aliphatic heterocycles. The number of benzene rings is 1. The van der Waals surface area contributed by atoms with Crippen LogP contribution in [0.15, 0.2) is 23.1 Å². The number of hydrogen-bond acceptors (Lipinski definition) is 4. The normalized spacial score (nSPS) is 13.4. The summed E-state index contributed by atoms with van der Waals surface area (Å²) in [5.41, 5.74) is -0.156. The second-order valence-electron chi connectivity index (χ2n) is 4.41. The van der Waals surface area contributed by atoms with Crippen LogP contribution in [0.4, 0.5) is 0 Å². The molecule has 0 bridgehead atoms. The Bertz CT molecular complexity index is 600. The zero-order valence-corrected chi connectivity index (χ0v) is 12.6. The maximum atomic E-state index is 12.3. The number of carboxylic acids is 1. The summed E-state index contributed by atoms with van der Waals surface area (Å²) in [7, 11) is -2.55. The van der Waals surface area contributed by atoms with Crippen LogP contribution in [-0.4, -0.2) is 48.6 Å². The molecular formula is C12H16ClNO5S. The third-order valence-electron chi connectivity index (χ3n) is 2.73. The highest BCUT2D eigenvalue weighted by molar-refractivity contribution is 7.89. The van der Waals surface area contributed by atoms with Crippen LogP contribution < -0.4 is 0 Å². The van der Waals surface area contributed by atoms with Crippen LogP contribution in [-0.2, 0) is 10.0 Å². The molecular weight excluding hydrogens is 306 g/mol. The lowest BCUT2D eigenvalue weighted by molar-refractivity contribution is 0.0696. The van der Waals surface area contributed by atoms with E-state index in [1.807, 2.05) is 0 Å². The summed E-state index contributed by atoms with van der Waals surface area (Å²) in [5, 5.41) is 18.0. The molecule has 0 heterocycles. The van der Waals surface area contributed by atoms with Gasteiger partial charge >= 0.3 is 5.97 Å². The number of carbonyl (C=O) groups is 1. The van der Waals surface area contributed by atoms with E-state index in [0.717, 1.165) is 10.4 Å². The molecule has 112 valence electrons. The van der Waals surface area contributed by atoms with Crippen molar-refractivity contribution < 1.29 is 23.4 Å². The van der Waals surface area contributed by atoms with Gasteiger partial charge in [-0.05, 0) is 31.5 Å². The topological polar surface area (TPSA) is 94.9 Å². The molecule has 0 radical (unpaired) electrons. The van der Waals surface area contributed by atoms with Gasteiger partial charge in [0.05, 0.1) is 16.7 Å². The Kier molecular flexibility index (Phi) is 5.52. The van der Waals surface area contributed by atoms with E-state index in [0.29, 0.717) is 0 Å². The number of aliphatic hydroxyl groups is 1. The Balaban J connectivity index is 3.14. The second-order valence-corrected chi connectivity index (χ2v) is 6.84. The highest BCUT2D eigenvalue weighted by Gasteiger charge is 2.25. The molecule has 20 heavy (non-hydrogen) atoms. The van der Waals surface area contributed by atoms with Crippen molar-refractivity contribution in [3.63, 3.8) is 0 Å². The molecule has 0 spiro atoms. The van der Waals surface area contributed by atoms with Gasteiger partial charge in [0, 0.05) is 13.6 Å². The van der Waals surface area contributed by atoms with Crippen LogP contribution in [0.25, 0.3) is 0 Å². The highest BCUT2D eigenvalue weighted by Crippen LogP contribution is 2.25. The van der Waals surface area contributed by atoms with E-state index in [1.54, 1.807) is 6.92 Å². The summed E-state index contributed by atoms with van der Waals surface area (Å²) < 4.78 is 25.6. The lowest BCUT2D eigenvalue weighted by Gasteiger charge is -2.19. The molecule has 0 aromatic heterocycles. The van der Waals surface area contributed by atoms with Crippen LogP contribution in [0, 0.1) is 0 Å². The smallest absolute Gasteiger partial charge is 0.335 e. The largest absolute Gasteiger partial charge is 0.478 e. The number of aliphatic hydroxyl groups excluding tert-OH is 1. The second kappa shape index (κ2) is 6.53. The average molecular weight is 322 g/mol. The minimum Gasteiger partial charge on any atom is -0.478 e. The van der Waals surface area contributed by atoms with Crippen molar-refractivity contribution in [2.24, 2.45) is 0 Å². The van der Waals surface area contributed by atoms with Crippen molar-refractivity contribution in [2.75, 3.05) is 13.6 Å². The maximum absolute atomic E-state index is 12.3. The number of sulfonamides is 1. The molecule has 1 aromatic carbocycles. The zero-order valence-electron chi connectivity index (χ0n) is 11.1. The highest BCUT2D eigenvalue weighted by atomic mass is 35.5. The molecule has 1 unspecified atom stereocenters. The monoisotopic (exact) mass is 321 g/mol. The average Bonchev–Trinajstić information content (AvgIpc) is 2.35. The molecule has 0 saturated heterocycles. The standard InChI is InChI=1S/C12H16ClNO5S/c1-8(15)5-6-14(2)20(18,19)11-7-9(12(16)17)3-4-10(11)13/h3-4,7-8,15H,5-6H2,1-2H3,(H,16,17). The fraction of sp³-hybridized carbons (Fsp3) is 0.417. The third-order valence-corrected chi connectivity index (χ3v) is 5.07. The van der Waals surface area contributed by atoms with Gasteiger partial charge in [0.2, 0.25) is 10.0 Å². The van der Waals surface area contributed by atoms with Crippen molar-refractivity contribution in [1.29, 1.82) is 0 Å². The molecule has 0 amide bonds. The van der Waals surface area contributed by atoms with E-state index in [9.17, 15) is 18.3 Å². The Labute approximate surface area is 122 Å². The summed E-state index contributed by atoms with van der Waals surface area (Å²) in [6, 6.07) is 3.50. The van der Waals surface area contributed by atoms with Crippen LogP contribution in [0.1, 0.15) is 23.7 Å². The SMILES string of the molecule is CC(O)CCN(C)S(=O)(=O)c1cc(C(=O)O)ccc1Cl. The van der Waals surface area contributed by atoms with Crippen molar-refractivity contribution in [3.05, 3.63) is 28.8 Å². The van der Waals surface area contributed by atoms with Gasteiger partial charge in [-0.15, -0.1) is 0 Å². The lowest BCUT2D eigenvalue weighted by atomic mass is 10.2. The predicted molar refractivity (Wildman–Crippen MR) is 74.5 cm³/mol. The fourth-order valence-corrected chi connectivity index (χ4v) is 3.17. The predicted octanol–water partition coefficient (Wildman–Crippen LogP) is 1.43. The molecule has 2 N–H and O–H groups in total. The Morgan fingerprint density at radius 2 is 2.05 bits per heavy atom. The molecule has 0 aliphatic rings. The van der Waals surface area contributed by atoms with E-state index in [-0.39, 0.29) is 28.4 Å². The first-order valence-electron chi connectivity index (χ1n) is 5.83. The van der Waals surface area contributed by atoms with Crippen LogP contribution >= 0.6 is 11.6 Å². The van der Waals surface area contributed by atoms with E-state index in [2.05, 4.69) is 0 Å². The summed E-state index contributed by atoms with van der Waals surface area (Å²) in [6.07, 6.45) is -0.361. The van der Waals surface area contributed by atoms with Gasteiger partial charge < -0.3 is 10.2 Å². The Hall–Kier alpha value is -1.15. The Morgan fingerprint density at radius 3 is 2.55 bits per heavy atom. The number of halogens is 1. The number of rotatable bonds is 6. The van der Waals surface area contributed by atoms with Gasteiger partial charge in [0.15, 0.2) is 0 Å². The molecule has 6 nitrogen and oxygen atoms in total. The zero-order chi connectivity index (χ0) is 15.5. The summed E-state index contributed by atoms with van der Waals surface area (Å²) in [5.74, 6) is -1.23. The maximum Gasteiger partial charge on any atom is 0.335 e. The summed E-state index contributed by atoms with van der Waals surface area (Å²) in [6.45, 7) is 1.66. The van der Waals surface area contributed by atoms with Gasteiger partial charge in [0.1, 0.15) is 4.90 Å². The van der Waals surface area contributed by atoms with Crippen molar-refractivity contribution >= 4 is 27.6 Å². The number of carboxylic acid groups (broad SMARTS) is 1. The van der Waals surface area contributed by atoms with E-state index < -0.39 is 22.1 Å². The van der Waals surface area contributed by atoms with Crippen molar-refractivity contribution in [2.45, 2.75) is 24.3 Å². The van der Waals surface area contributed by atoms with Crippen LogP contribution in [0.5, 0.6) is 0 Å². The van der Waals surface area contributed by atoms with Crippen molar-refractivity contribution in [3.8, 4) is 0 Å². The fourth-order valence-electron chi connectivity index (χ4n) is 1.49. The number of hydrogen-bond donors (Lipinski definition) is 2. The number of aromatic carboxylic acids is 1. The van der Waals surface area contributed by atoms with Gasteiger partial charge in [-0.3, -0.25) is 0 Å². The van der Waals surface area contributed by atoms with Crippen LogP contribution in [0.3, 0.4) is 0 Å². The molecule has 0 saturated carbocycles. The van der Waals surface area contributed by atoms with E-state index >= 15 is 0 Å². The van der Waals surface area contributed by atoms with Gasteiger partial charge in [0.25, 0.3) is 0 Å². The molecule has 8 heteroatoms.